The maximum absolute atomic E-state index is 12.5. The molecule has 1 aliphatic rings. The Morgan fingerprint density at radius 3 is 2.48 bits per heavy atom. The number of hydroxylamine groups is 1. The van der Waals surface area contributed by atoms with E-state index in [0.717, 1.165) is 5.56 Å². The first-order chi connectivity index (χ1) is 9.88. The molecular weight excluding hydrogens is 292 g/mol. The minimum atomic E-state index is -1.45. The third kappa shape index (κ3) is 2.71. The molecule has 0 aliphatic carbocycles. The predicted octanol–water partition coefficient (Wildman–Crippen LogP) is 0.867. The van der Waals surface area contributed by atoms with E-state index in [4.69, 9.17) is 5.21 Å². The summed E-state index contributed by atoms with van der Waals surface area (Å²) in [5.74, 6) is -1.05. The quantitative estimate of drug-likeness (QED) is 0.640. The highest BCUT2D eigenvalue weighted by molar-refractivity contribution is 7.87. The molecular formula is C14H18N2O4S. The van der Waals surface area contributed by atoms with Gasteiger partial charge in [-0.1, -0.05) is 29.8 Å². The lowest BCUT2D eigenvalue weighted by Crippen LogP contribution is -2.46. The summed E-state index contributed by atoms with van der Waals surface area (Å²) in [5, 5.41) is 7.41. The molecule has 1 aromatic rings. The molecule has 0 saturated carbocycles. The van der Waals surface area contributed by atoms with Gasteiger partial charge in [0, 0.05) is 0 Å². The van der Waals surface area contributed by atoms with Crippen LogP contribution in [0.25, 0.3) is 0 Å². The summed E-state index contributed by atoms with van der Waals surface area (Å²) < 4.78 is 12.5. The van der Waals surface area contributed by atoms with Gasteiger partial charge in [-0.25, -0.2) is 5.48 Å². The van der Waals surface area contributed by atoms with Gasteiger partial charge in [0.05, 0.1) is 10.8 Å². The number of nitrogens with one attached hydrogen (secondary N) is 1. The molecule has 1 heterocycles. The van der Waals surface area contributed by atoms with Gasteiger partial charge >= 0.3 is 0 Å². The number of rotatable bonds is 3. The monoisotopic (exact) mass is 310 g/mol. The van der Waals surface area contributed by atoms with E-state index < -0.39 is 33.4 Å². The van der Waals surface area contributed by atoms with Gasteiger partial charge in [-0.3, -0.25) is 19.0 Å². The highest BCUT2D eigenvalue weighted by atomic mass is 32.2. The Balaban J connectivity index is 2.44. The molecule has 0 aromatic heterocycles. The molecule has 4 atom stereocenters. The van der Waals surface area contributed by atoms with Crippen molar-refractivity contribution in [2.75, 3.05) is 0 Å². The molecule has 2 amide bonds. The van der Waals surface area contributed by atoms with Crippen LogP contribution in [0.5, 0.6) is 0 Å². The first-order valence-corrected chi connectivity index (χ1v) is 7.88. The molecule has 4 unspecified atom stereocenters. The molecule has 2 rings (SSSR count). The first kappa shape index (κ1) is 15.7. The van der Waals surface area contributed by atoms with Crippen LogP contribution < -0.4 is 5.48 Å². The van der Waals surface area contributed by atoms with Crippen LogP contribution in [0.15, 0.2) is 24.3 Å². The highest BCUT2D eigenvalue weighted by Crippen LogP contribution is 2.36. The van der Waals surface area contributed by atoms with Crippen LogP contribution in [0.4, 0.5) is 0 Å². The Labute approximate surface area is 125 Å². The molecule has 21 heavy (non-hydrogen) atoms. The number of carbonyl (C=O) groups excluding carboxylic acids is 2. The largest absolute Gasteiger partial charge is 0.311 e. The normalized spacial score (nSPS) is 26.8. The maximum Gasteiger partial charge on any atom is 0.265 e. The van der Waals surface area contributed by atoms with Gasteiger partial charge in [0.1, 0.15) is 16.7 Å². The van der Waals surface area contributed by atoms with Crippen molar-refractivity contribution in [1.82, 2.24) is 10.4 Å². The summed E-state index contributed by atoms with van der Waals surface area (Å²) >= 11 is 0. The molecule has 0 spiro atoms. The van der Waals surface area contributed by atoms with Gasteiger partial charge < -0.3 is 4.90 Å². The molecule has 1 fully saturated rings. The second-order valence-electron chi connectivity index (χ2n) is 5.13. The van der Waals surface area contributed by atoms with Gasteiger partial charge in [-0.05, 0) is 26.3 Å². The molecule has 1 aromatic carbocycles. The van der Waals surface area contributed by atoms with Crippen LogP contribution >= 0.6 is 0 Å². The van der Waals surface area contributed by atoms with Crippen LogP contribution in [0.1, 0.15) is 30.3 Å². The third-order valence-corrected chi connectivity index (χ3v) is 5.53. The molecule has 0 radical (unpaired) electrons. The van der Waals surface area contributed by atoms with Crippen molar-refractivity contribution in [2.24, 2.45) is 0 Å². The summed E-state index contributed by atoms with van der Waals surface area (Å²) in [6.07, 6.45) is 0. The fraction of sp³-hybridized carbons (Fsp3) is 0.429. The Morgan fingerprint density at radius 1 is 1.38 bits per heavy atom. The summed E-state index contributed by atoms with van der Waals surface area (Å²) in [6, 6.07) is 6.45. The van der Waals surface area contributed by atoms with Crippen LogP contribution in [-0.4, -0.2) is 37.4 Å². The fourth-order valence-electron chi connectivity index (χ4n) is 2.37. The van der Waals surface area contributed by atoms with E-state index in [1.165, 1.54) is 11.8 Å². The van der Waals surface area contributed by atoms with E-state index in [1.807, 2.05) is 19.1 Å². The predicted molar refractivity (Wildman–Crippen MR) is 77.8 cm³/mol. The second-order valence-corrected chi connectivity index (χ2v) is 6.94. The molecule has 6 nitrogen and oxygen atoms in total. The Bertz CT molecular complexity index is 587. The minimum Gasteiger partial charge on any atom is -0.311 e. The second kappa shape index (κ2) is 5.95. The number of carbonyl (C=O) groups is 2. The van der Waals surface area contributed by atoms with Gasteiger partial charge in [-0.2, -0.15) is 0 Å². The fourth-order valence-corrected chi connectivity index (χ4v) is 4.01. The Hall–Kier alpha value is -1.73. The van der Waals surface area contributed by atoms with Crippen LogP contribution in [0, 0.1) is 6.92 Å². The van der Waals surface area contributed by atoms with Gasteiger partial charge in [-0.15, -0.1) is 0 Å². The molecule has 0 bridgehead atoms. The third-order valence-electron chi connectivity index (χ3n) is 3.69. The van der Waals surface area contributed by atoms with E-state index in [2.05, 4.69) is 0 Å². The number of aryl methyl sites for hydroxylation is 1. The van der Waals surface area contributed by atoms with Crippen LogP contribution in [-0.2, 0) is 20.4 Å². The lowest BCUT2D eigenvalue weighted by molar-refractivity contribution is -0.143. The van der Waals surface area contributed by atoms with Crippen molar-refractivity contribution >= 4 is 22.6 Å². The summed E-state index contributed by atoms with van der Waals surface area (Å²) in [4.78, 5) is 25.2. The topological polar surface area (TPSA) is 86.7 Å². The average Bonchev–Trinajstić information content (AvgIpc) is 2.71. The van der Waals surface area contributed by atoms with Crippen molar-refractivity contribution in [3.63, 3.8) is 0 Å². The van der Waals surface area contributed by atoms with Crippen LogP contribution in [0.2, 0.25) is 0 Å². The molecule has 1 aliphatic heterocycles. The average molecular weight is 310 g/mol. The molecule has 7 heteroatoms. The zero-order valence-electron chi connectivity index (χ0n) is 12.1. The number of hydrogen-bond donors (Lipinski definition) is 2. The van der Waals surface area contributed by atoms with E-state index in [-0.39, 0.29) is 5.91 Å². The number of hydrogen-bond acceptors (Lipinski definition) is 4. The van der Waals surface area contributed by atoms with Gasteiger partial charge in [0.25, 0.3) is 5.91 Å². The number of amides is 2. The summed E-state index contributed by atoms with van der Waals surface area (Å²) in [7, 11) is -1.45. The Kier molecular flexibility index (Phi) is 4.43. The maximum atomic E-state index is 12.5. The first-order valence-electron chi connectivity index (χ1n) is 6.60. The SMILES string of the molecule is Cc1ccc(C2N(C(C)C(=O)NO)C(=O)C(C)S2=O)cc1. The molecule has 2 N–H and O–H groups in total. The Morgan fingerprint density at radius 2 is 1.95 bits per heavy atom. The summed E-state index contributed by atoms with van der Waals surface area (Å²) in [6.45, 7) is 5.02. The smallest absolute Gasteiger partial charge is 0.265 e. The van der Waals surface area contributed by atoms with Gasteiger partial charge in [0.2, 0.25) is 5.91 Å². The minimum absolute atomic E-state index is 0.352. The zero-order chi connectivity index (χ0) is 15.7. The highest BCUT2D eigenvalue weighted by Gasteiger charge is 2.47. The summed E-state index contributed by atoms with van der Waals surface area (Å²) in [5.41, 5.74) is 3.31. The van der Waals surface area contributed by atoms with E-state index in [0.29, 0.717) is 5.56 Å². The number of nitrogens with zero attached hydrogens (tertiary/aromatic N) is 1. The zero-order valence-corrected chi connectivity index (χ0v) is 12.9. The van der Waals surface area contributed by atoms with Crippen LogP contribution in [0.3, 0.4) is 0 Å². The van der Waals surface area contributed by atoms with E-state index in [9.17, 15) is 13.8 Å². The molecule has 114 valence electrons. The van der Waals surface area contributed by atoms with Crippen molar-refractivity contribution in [1.29, 1.82) is 0 Å². The van der Waals surface area contributed by atoms with Crippen molar-refractivity contribution < 1.29 is 19.0 Å². The van der Waals surface area contributed by atoms with Crippen molar-refractivity contribution in [2.45, 2.75) is 37.4 Å². The lowest BCUT2D eigenvalue weighted by Gasteiger charge is -2.28. The van der Waals surface area contributed by atoms with E-state index >= 15 is 0 Å². The van der Waals surface area contributed by atoms with Gasteiger partial charge in [0.15, 0.2) is 0 Å². The van der Waals surface area contributed by atoms with Crippen molar-refractivity contribution in [3.8, 4) is 0 Å². The standard InChI is InChI=1S/C14H18N2O4S/c1-8-4-6-11(7-5-8)14-16(9(2)12(17)15-19)13(18)10(3)21(14)20/h4-7,9-10,14,19H,1-3H3,(H,15,17). The number of benzene rings is 1. The lowest BCUT2D eigenvalue weighted by atomic mass is 10.1. The van der Waals surface area contributed by atoms with Crippen molar-refractivity contribution in [3.05, 3.63) is 35.4 Å². The van der Waals surface area contributed by atoms with E-state index in [1.54, 1.807) is 24.5 Å². The molecule has 1 saturated heterocycles.